The van der Waals surface area contributed by atoms with Gasteiger partial charge in [0.2, 0.25) is 0 Å². The van der Waals surface area contributed by atoms with Gasteiger partial charge in [-0.05, 0) is 38.8 Å². The Bertz CT molecular complexity index is 226. The lowest BCUT2D eigenvalue weighted by Gasteiger charge is -2.38. The van der Waals surface area contributed by atoms with Crippen LogP contribution >= 0.6 is 0 Å². The molecular weight excluding hydrogens is 210 g/mol. The van der Waals surface area contributed by atoms with Crippen LogP contribution in [0.5, 0.6) is 0 Å². The third-order valence-electron chi connectivity index (χ3n) is 4.85. The first-order valence-corrected chi connectivity index (χ1v) is 7.28. The Kier molecular flexibility index (Phi) is 4.45. The molecule has 0 radical (unpaired) electrons. The summed E-state index contributed by atoms with van der Waals surface area (Å²) in [7, 11) is 2.23. The summed E-state index contributed by atoms with van der Waals surface area (Å²) >= 11 is 0. The molecule has 0 aromatic rings. The van der Waals surface area contributed by atoms with Crippen LogP contribution in [0, 0.1) is 5.92 Å². The molecule has 2 aliphatic rings. The van der Waals surface area contributed by atoms with Gasteiger partial charge < -0.3 is 15.1 Å². The highest BCUT2D eigenvalue weighted by atomic mass is 15.2. The van der Waals surface area contributed by atoms with Crippen LogP contribution in [0.2, 0.25) is 0 Å². The van der Waals surface area contributed by atoms with Crippen LogP contribution in [0.4, 0.5) is 0 Å². The Labute approximate surface area is 107 Å². The predicted octanol–water partition coefficient (Wildman–Crippen LogP) is 1.40. The summed E-state index contributed by atoms with van der Waals surface area (Å²) in [4.78, 5) is 5.08. The van der Waals surface area contributed by atoms with E-state index in [1.807, 2.05) is 0 Å². The van der Waals surface area contributed by atoms with E-state index in [4.69, 9.17) is 0 Å². The van der Waals surface area contributed by atoms with E-state index in [-0.39, 0.29) is 0 Å². The largest absolute Gasteiger partial charge is 0.311 e. The molecule has 2 rings (SSSR count). The van der Waals surface area contributed by atoms with Crippen molar-refractivity contribution in [2.75, 3.05) is 46.3 Å². The van der Waals surface area contributed by atoms with Crippen molar-refractivity contribution < 1.29 is 0 Å². The molecule has 2 aliphatic heterocycles. The van der Waals surface area contributed by atoms with Crippen molar-refractivity contribution in [2.45, 2.75) is 38.6 Å². The second-order valence-electron chi connectivity index (χ2n) is 6.24. The van der Waals surface area contributed by atoms with E-state index in [0.717, 1.165) is 5.92 Å². The van der Waals surface area contributed by atoms with Crippen LogP contribution in [-0.2, 0) is 0 Å². The Morgan fingerprint density at radius 2 is 1.88 bits per heavy atom. The molecular formula is C14H29N3. The van der Waals surface area contributed by atoms with Crippen molar-refractivity contribution in [1.29, 1.82) is 0 Å². The Hall–Kier alpha value is -0.120. The van der Waals surface area contributed by atoms with Crippen molar-refractivity contribution in [2.24, 2.45) is 5.92 Å². The Morgan fingerprint density at radius 3 is 2.41 bits per heavy atom. The van der Waals surface area contributed by atoms with Crippen LogP contribution in [-0.4, -0.2) is 61.7 Å². The lowest BCUT2D eigenvalue weighted by Crippen LogP contribution is -2.50. The quantitative estimate of drug-likeness (QED) is 0.800. The van der Waals surface area contributed by atoms with E-state index in [9.17, 15) is 0 Å². The summed E-state index contributed by atoms with van der Waals surface area (Å²) in [5.74, 6) is 0.762. The minimum absolute atomic E-state index is 0.434. The molecule has 0 aromatic carbocycles. The lowest BCUT2D eigenvalue weighted by molar-refractivity contribution is 0.130. The number of nitrogens with one attached hydrogen (secondary N) is 1. The maximum absolute atomic E-state index is 3.78. The molecule has 0 aromatic heterocycles. The number of likely N-dealkylation sites (N-methyl/N-ethyl adjacent to an activating group) is 1. The third kappa shape index (κ3) is 3.21. The van der Waals surface area contributed by atoms with Crippen molar-refractivity contribution in [3.63, 3.8) is 0 Å². The monoisotopic (exact) mass is 239 g/mol. The normalized spacial score (nSPS) is 32.5. The molecule has 1 N–H and O–H groups in total. The maximum Gasteiger partial charge on any atom is 0.0217 e. The summed E-state index contributed by atoms with van der Waals surface area (Å²) < 4.78 is 0. The molecule has 3 nitrogen and oxygen atoms in total. The number of hydrogen-bond donors (Lipinski definition) is 1. The molecule has 0 spiro atoms. The van der Waals surface area contributed by atoms with Crippen LogP contribution in [0.25, 0.3) is 0 Å². The van der Waals surface area contributed by atoms with E-state index in [1.165, 1.54) is 58.5 Å². The molecule has 0 saturated carbocycles. The van der Waals surface area contributed by atoms with Crippen molar-refractivity contribution in [1.82, 2.24) is 15.1 Å². The number of rotatable bonds is 4. The van der Waals surface area contributed by atoms with Gasteiger partial charge >= 0.3 is 0 Å². The van der Waals surface area contributed by atoms with Crippen molar-refractivity contribution in [3.05, 3.63) is 0 Å². The molecule has 17 heavy (non-hydrogen) atoms. The van der Waals surface area contributed by atoms with Gasteiger partial charge in [-0.15, -0.1) is 0 Å². The molecule has 1 atom stereocenters. The molecule has 1 unspecified atom stereocenters. The van der Waals surface area contributed by atoms with Gasteiger partial charge in [-0.3, -0.25) is 0 Å². The first kappa shape index (κ1) is 13.3. The van der Waals surface area contributed by atoms with Gasteiger partial charge in [0.25, 0.3) is 0 Å². The summed E-state index contributed by atoms with van der Waals surface area (Å²) in [6.45, 7) is 12.2. The number of hydrogen-bond acceptors (Lipinski definition) is 3. The molecule has 3 heteroatoms. The summed E-state index contributed by atoms with van der Waals surface area (Å²) in [5.41, 5.74) is 0.434. The van der Waals surface area contributed by atoms with E-state index in [2.05, 4.69) is 36.0 Å². The van der Waals surface area contributed by atoms with Gasteiger partial charge in [0.05, 0.1) is 0 Å². The fourth-order valence-electron chi connectivity index (χ4n) is 3.25. The highest BCUT2D eigenvalue weighted by Gasteiger charge is 2.36. The SMILES string of the molecule is CC(C)C1(CCN2CCN(C)CC2)CCCN1. The third-order valence-corrected chi connectivity index (χ3v) is 4.85. The second kappa shape index (κ2) is 5.68. The van der Waals surface area contributed by atoms with Crippen LogP contribution in [0.3, 0.4) is 0 Å². The van der Waals surface area contributed by atoms with E-state index in [0.29, 0.717) is 5.54 Å². The Morgan fingerprint density at radius 1 is 1.18 bits per heavy atom. The summed E-state index contributed by atoms with van der Waals surface area (Å²) in [5, 5.41) is 3.78. The zero-order chi connectivity index (χ0) is 12.3. The van der Waals surface area contributed by atoms with Crippen LogP contribution < -0.4 is 5.32 Å². The van der Waals surface area contributed by atoms with Crippen LogP contribution in [0.1, 0.15) is 33.1 Å². The van der Waals surface area contributed by atoms with Gasteiger partial charge in [0.15, 0.2) is 0 Å². The second-order valence-corrected chi connectivity index (χ2v) is 6.24. The van der Waals surface area contributed by atoms with Crippen molar-refractivity contribution in [3.8, 4) is 0 Å². The topological polar surface area (TPSA) is 18.5 Å². The highest BCUT2D eigenvalue weighted by molar-refractivity contribution is 4.96. The summed E-state index contributed by atoms with van der Waals surface area (Å²) in [6.07, 6.45) is 4.06. The minimum atomic E-state index is 0.434. The van der Waals surface area contributed by atoms with E-state index in [1.54, 1.807) is 0 Å². The summed E-state index contributed by atoms with van der Waals surface area (Å²) in [6, 6.07) is 0. The molecule has 0 bridgehead atoms. The molecule has 2 saturated heterocycles. The van der Waals surface area contributed by atoms with Gasteiger partial charge in [0.1, 0.15) is 0 Å². The van der Waals surface area contributed by atoms with Crippen LogP contribution in [0.15, 0.2) is 0 Å². The van der Waals surface area contributed by atoms with Gasteiger partial charge in [-0.1, -0.05) is 13.8 Å². The van der Waals surface area contributed by atoms with Gasteiger partial charge in [-0.25, -0.2) is 0 Å². The fraction of sp³-hybridized carbons (Fsp3) is 1.00. The zero-order valence-corrected chi connectivity index (χ0v) is 11.8. The molecule has 2 fully saturated rings. The lowest BCUT2D eigenvalue weighted by atomic mass is 9.82. The molecule has 0 amide bonds. The minimum Gasteiger partial charge on any atom is -0.311 e. The predicted molar refractivity (Wildman–Crippen MR) is 73.4 cm³/mol. The van der Waals surface area contributed by atoms with E-state index < -0.39 is 0 Å². The molecule has 100 valence electrons. The van der Waals surface area contributed by atoms with Gasteiger partial charge in [-0.2, -0.15) is 0 Å². The van der Waals surface area contributed by atoms with Crippen molar-refractivity contribution >= 4 is 0 Å². The maximum atomic E-state index is 3.78. The smallest absolute Gasteiger partial charge is 0.0217 e. The Balaban J connectivity index is 1.80. The number of piperazine rings is 1. The molecule has 2 heterocycles. The highest BCUT2D eigenvalue weighted by Crippen LogP contribution is 2.31. The average Bonchev–Trinajstić information content (AvgIpc) is 2.78. The standard InChI is InChI=1S/C14H29N3/c1-13(2)14(5-4-7-15-14)6-8-17-11-9-16(3)10-12-17/h13,15H,4-12H2,1-3H3. The molecule has 0 aliphatic carbocycles. The van der Waals surface area contributed by atoms with E-state index >= 15 is 0 Å². The fourth-order valence-corrected chi connectivity index (χ4v) is 3.25. The first-order valence-electron chi connectivity index (χ1n) is 7.28. The first-order chi connectivity index (χ1) is 8.12. The average molecular weight is 239 g/mol. The number of nitrogens with zero attached hydrogens (tertiary/aromatic N) is 2. The zero-order valence-electron chi connectivity index (χ0n) is 11.8. The van der Waals surface area contributed by atoms with Gasteiger partial charge in [0, 0.05) is 38.3 Å².